The summed E-state index contributed by atoms with van der Waals surface area (Å²) in [4.78, 5) is 16.1. The third-order valence-corrected chi connectivity index (χ3v) is 3.64. The van der Waals surface area contributed by atoms with Crippen LogP contribution in [-0.2, 0) is 4.74 Å². The summed E-state index contributed by atoms with van der Waals surface area (Å²) in [5.41, 5.74) is 1.76. The number of carbonyl (C=O) groups is 1. The van der Waals surface area contributed by atoms with Gasteiger partial charge in [-0.25, -0.2) is 14.2 Å². The van der Waals surface area contributed by atoms with Crippen molar-refractivity contribution in [1.82, 2.24) is 4.98 Å². The van der Waals surface area contributed by atoms with E-state index in [4.69, 9.17) is 0 Å². The van der Waals surface area contributed by atoms with Crippen molar-refractivity contribution in [3.8, 4) is 0 Å². The van der Waals surface area contributed by atoms with Crippen molar-refractivity contribution in [2.45, 2.75) is 13.8 Å². The number of hydrogen-bond acceptors (Lipinski definition) is 5. The van der Waals surface area contributed by atoms with Crippen LogP contribution in [0.3, 0.4) is 0 Å². The molecule has 0 fully saturated rings. The van der Waals surface area contributed by atoms with Crippen LogP contribution in [0.25, 0.3) is 0 Å². The predicted molar refractivity (Wildman–Crippen MR) is 72.6 cm³/mol. The highest BCUT2D eigenvalue weighted by Crippen LogP contribution is 2.26. The first-order chi connectivity index (χ1) is 9.01. The summed E-state index contributed by atoms with van der Waals surface area (Å²) in [6, 6.07) is 4.83. The van der Waals surface area contributed by atoms with Crippen LogP contribution >= 0.6 is 11.3 Å². The van der Waals surface area contributed by atoms with Gasteiger partial charge in [-0.3, -0.25) is 0 Å². The van der Waals surface area contributed by atoms with Gasteiger partial charge in [0.15, 0.2) is 5.13 Å². The summed E-state index contributed by atoms with van der Waals surface area (Å²) in [5.74, 6) is -0.704. The van der Waals surface area contributed by atoms with E-state index in [0.717, 1.165) is 0 Å². The first-order valence-electron chi connectivity index (χ1n) is 5.60. The number of ether oxygens (including phenoxy) is 1. The molecule has 4 nitrogen and oxygen atoms in total. The van der Waals surface area contributed by atoms with E-state index in [-0.39, 0.29) is 5.82 Å². The van der Waals surface area contributed by atoms with E-state index >= 15 is 0 Å². The predicted octanol–water partition coefficient (Wildman–Crippen LogP) is 3.43. The standard InChI is InChI=1S/C13H13FN2O2S/c1-7-4-5-9(6-10(7)14)16-13-15-8(2)11(19-13)12(17)18-3/h4-6H,1-3H3,(H,15,16). The van der Waals surface area contributed by atoms with Gasteiger partial charge in [-0.1, -0.05) is 17.4 Å². The summed E-state index contributed by atoms with van der Waals surface area (Å²) in [6.07, 6.45) is 0. The normalized spacial score (nSPS) is 10.3. The number of nitrogens with zero attached hydrogens (tertiary/aromatic N) is 1. The van der Waals surface area contributed by atoms with Gasteiger partial charge in [0.05, 0.1) is 12.8 Å². The van der Waals surface area contributed by atoms with Crippen LogP contribution < -0.4 is 5.32 Å². The molecule has 0 radical (unpaired) electrons. The van der Waals surface area contributed by atoms with E-state index in [1.54, 1.807) is 26.0 Å². The van der Waals surface area contributed by atoms with E-state index in [9.17, 15) is 9.18 Å². The number of benzene rings is 1. The van der Waals surface area contributed by atoms with Gasteiger partial charge in [0.2, 0.25) is 0 Å². The first-order valence-corrected chi connectivity index (χ1v) is 6.42. The molecule has 1 heterocycles. The Morgan fingerprint density at radius 2 is 2.16 bits per heavy atom. The Morgan fingerprint density at radius 1 is 1.42 bits per heavy atom. The van der Waals surface area contributed by atoms with E-state index in [2.05, 4.69) is 15.0 Å². The Labute approximate surface area is 114 Å². The molecule has 0 saturated heterocycles. The molecule has 1 aromatic carbocycles. The molecule has 19 heavy (non-hydrogen) atoms. The summed E-state index contributed by atoms with van der Waals surface area (Å²) >= 11 is 1.18. The molecule has 0 spiro atoms. The highest BCUT2D eigenvalue weighted by atomic mass is 32.1. The number of hydrogen-bond donors (Lipinski definition) is 1. The van der Waals surface area contributed by atoms with Crippen molar-refractivity contribution < 1.29 is 13.9 Å². The number of aryl methyl sites for hydroxylation is 2. The lowest BCUT2D eigenvalue weighted by Gasteiger charge is -2.03. The highest BCUT2D eigenvalue weighted by Gasteiger charge is 2.15. The van der Waals surface area contributed by atoms with Crippen molar-refractivity contribution in [3.63, 3.8) is 0 Å². The van der Waals surface area contributed by atoms with E-state index in [1.165, 1.54) is 24.5 Å². The van der Waals surface area contributed by atoms with Crippen LogP contribution in [0.4, 0.5) is 15.2 Å². The third-order valence-electron chi connectivity index (χ3n) is 2.59. The maximum Gasteiger partial charge on any atom is 0.350 e. The fraction of sp³-hybridized carbons (Fsp3) is 0.231. The Kier molecular flexibility index (Phi) is 3.80. The van der Waals surface area contributed by atoms with Gasteiger partial charge >= 0.3 is 5.97 Å². The van der Waals surface area contributed by atoms with Crippen LogP contribution in [0.5, 0.6) is 0 Å². The Morgan fingerprint density at radius 3 is 2.79 bits per heavy atom. The number of carbonyl (C=O) groups excluding carboxylic acids is 1. The second-order valence-corrected chi connectivity index (χ2v) is 5.01. The number of aromatic nitrogens is 1. The summed E-state index contributed by atoms with van der Waals surface area (Å²) in [7, 11) is 1.32. The monoisotopic (exact) mass is 280 g/mol. The molecule has 1 N–H and O–H groups in total. The molecule has 0 saturated carbocycles. The SMILES string of the molecule is COC(=O)c1sc(Nc2ccc(C)c(F)c2)nc1C. The Balaban J connectivity index is 2.24. The van der Waals surface area contributed by atoms with Crippen LogP contribution in [0.15, 0.2) is 18.2 Å². The molecule has 0 bridgehead atoms. The molecule has 100 valence electrons. The minimum absolute atomic E-state index is 0.286. The number of esters is 1. The van der Waals surface area contributed by atoms with Crippen molar-refractivity contribution >= 4 is 28.1 Å². The highest BCUT2D eigenvalue weighted by molar-refractivity contribution is 7.17. The molecular weight excluding hydrogens is 267 g/mol. The quantitative estimate of drug-likeness (QED) is 0.875. The lowest BCUT2D eigenvalue weighted by molar-refractivity contribution is 0.0605. The second kappa shape index (κ2) is 5.36. The number of thiazole rings is 1. The molecule has 2 aromatic rings. The molecule has 0 atom stereocenters. The van der Waals surface area contributed by atoms with Crippen molar-refractivity contribution in [1.29, 1.82) is 0 Å². The van der Waals surface area contributed by atoms with Crippen molar-refractivity contribution in [2.75, 3.05) is 12.4 Å². The Hall–Kier alpha value is -1.95. The topological polar surface area (TPSA) is 51.2 Å². The minimum Gasteiger partial charge on any atom is -0.465 e. The van der Waals surface area contributed by atoms with Gasteiger partial charge < -0.3 is 10.1 Å². The first kappa shape index (κ1) is 13.5. The molecule has 0 unspecified atom stereocenters. The summed E-state index contributed by atoms with van der Waals surface area (Å²) in [5, 5.41) is 3.50. The third kappa shape index (κ3) is 2.90. The van der Waals surface area contributed by atoms with Crippen LogP contribution in [0, 0.1) is 19.7 Å². The molecule has 0 aliphatic heterocycles. The average Bonchev–Trinajstić information content (AvgIpc) is 2.74. The van der Waals surface area contributed by atoms with Crippen molar-refractivity contribution in [2.24, 2.45) is 0 Å². The van der Waals surface area contributed by atoms with Gasteiger partial charge in [0.25, 0.3) is 0 Å². The summed E-state index contributed by atoms with van der Waals surface area (Å²) in [6.45, 7) is 3.42. The number of halogens is 1. The summed E-state index contributed by atoms with van der Waals surface area (Å²) < 4.78 is 18.1. The molecule has 0 amide bonds. The van der Waals surface area contributed by atoms with Crippen LogP contribution in [-0.4, -0.2) is 18.1 Å². The van der Waals surface area contributed by atoms with Gasteiger partial charge in [0.1, 0.15) is 10.7 Å². The minimum atomic E-state index is -0.418. The maximum atomic E-state index is 13.4. The molecular formula is C13H13FN2O2S. The zero-order valence-electron chi connectivity index (χ0n) is 10.8. The maximum absolute atomic E-state index is 13.4. The number of methoxy groups -OCH3 is 1. The zero-order chi connectivity index (χ0) is 14.0. The molecule has 0 aliphatic rings. The molecule has 0 aliphatic carbocycles. The van der Waals surface area contributed by atoms with Crippen molar-refractivity contribution in [3.05, 3.63) is 40.2 Å². The molecule has 6 heteroatoms. The lowest BCUT2D eigenvalue weighted by atomic mass is 10.2. The van der Waals surface area contributed by atoms with E-state index in [1.807, 2.05) is 0 Å². The number of nitrogens with one attached hydrogen (secondary N) is 1. The van der Waals surface area contributed by atoms with Gasteiger partial charge in [-0.15, -0.1) is 0 Å². The average molecular weight is 280 g/mol. The fourth-order valence-electron chi connectivity index (χ4n) is 1.53. The Bertz CT molecular complexity index is 625. The van der Waals surface area contributed by atoms with Gasteiger partial charge in [-0.2, -0.15) is 0 Å². The van der Waals surface area contributed by atoms with Gasteiger partial charge in [0, 0.05) is 5.69 Å². The largest absolute Gasteiger partial charge is 0.465 e. The fourth-order valence-corrected chi connectivity index (χ4v) is 2.43. The number of rotatable bonds is 3. The molecule has 1 aromatic heterocycles. The van der Waals surface area contributed by atoms with E-state index in [0.29, 0.717) is 27.0 Å². The van der Waals surface area contributed by atoms with Crippen LogP contribution in [0.1, 0.15) is 20.9 Å². The second-order valence-electron chi connectivity index (χ2n) is 4.01. The lowest BCUT2D eigenvalue weighted by Crippen LogP contribution is -1.99. The number of anilines is 2. The van der Waals surface area contributed by atoms with Crippen LogP contribution in [0.2, 0.25) is 0 Å². The van der Waals surface area contributed by atoms with E-state index < -0.39 is 5.97 Å². The molecule has 2 rings (SSSR count). The van der Waals surface area contributed by atoms with Gasteiger partial charge in [-0.05, 0) is 31.5 Å². The smallest absolute Gasteiger partial charge is 0.350 e. The zero-order valence-corrected chi connectivity index (χ0v) is 11.6.